The highest BCUT2D eigenvalue weighted by Crippen LogP contribution is 2.26. The van der Waals surface area contributed by atoms with E-state index in [1.54, 1.807) is 6.20 Å². The molecule has 0 bridgehead atoms. The second kappa shape index (κ2) is 3.94. The largest absolute Gasteiger partial charge is 0.455 e. The molecule has 0 saturated carbocycles. The van der Waals surface area contributed by atoms with E-state index < -0.39 is 0 Å². The molecule has 3 nitrogen and oxygen atoms in total. The summed E-state index contributed by atoms with van der Waals surface area (Å²) in [6.07, 6.45) is 3.68. The summed E-state index contributed by atoms with van der Waals surface area (Å²) >= 11 is 0. The number of pyridine rings is 1. The van der Waals surface area contributed by atoms with Crippen LogP contribution in [0.1, 0.15) is 5.69 Å². The molecule has 3 heteroatoms. The van der Waals surface area contributed by atoms with Crippen LogP contribution in [0.2, 0.25) is 0 Å². The molecule has 3 aromatic rings. The average molecular weight is 224 g/mol. The molecule has 2 aromatic heterocycles. The molecule has 0 aliphatic carbocycles. The molecular formula is C14H12N2O. The number of aromatic amines is 1. The van der Waals surface area contributed by atoms with Crippen LogP contribution >= 0.6 is 0 Å². The molecule has 3 rings (SSSR count). The number of nitrogens with one attached hydrogen (secondary N) is 1. The molecule has 17 heavy (non-hydrogen) atoms. The maximum Gasteiger partial charge on any atom is 0.148 e. The molecule has 0 radical (unpaired) electrons. The standard InChI is InChI=1S/C14H12N2O/c1-10-14(3-2-7-15-10)17-12-4-5-13-11(9-12)6-8-16-13/h2-9,16H,1H3. The highest BCUT2D eigenvalue weighted by Gasteiger charge is 2.02. The zero-order chi connectivity index (χ0) is 11.7. The number of hydrogen-bond donors (Lipinski definition) is 1. The number of H-pyrrole nitrogens is 1. The van der Waals surface area contributed by atoms with Crippen LogP contribution in [-0.4, -0.2) is 9.97 Å². The van der Waals surface area contributed by atoms with Gasteiger partial charge in [-0.15, -0.1) is 0 Å². The van der Waals surface area contributed by atoms with Gasteiger partial charge in [0.1, 0.15) is 11.5 Å². The number of aryl methyl sites for hydroxylation is 1. The van der Waals surface area contributed by atoms with Crippen LogP contribution < -0.4 is 4.74 Å². The number of ether oxygens (including phenoxy) is 1. The van der Waals surface area contributed by atoms with Crippen molar-refractivity contribution in [3.63, 3.8) is 0 Å². The predicted octanol–water partition coefficient (Wildman–Crippen LogP) is 3.66. The summed E-state index contributed by atoms with van der Waals surface area (Å²) < 4.78 is 5.81. The Kier molecular flexibility index (Phi) is 2.29. The first-order chi connectivity index (χ1) is 8.33. The fraction of sp³-hybridized carbons (Fsp3) is 0.0714. The lowest BCUT2D eigenvalue weighted by Crippen LogP contribution is -1.89. The van der Waals surface area contributed by atoms with Gasteiger partial charge in [-0.3, -0.25) is 4.98 Å². The average Bonchev–Trinajstić information content (AvgIpc) is 2.79. The molecule has 0 aliphatic heterocycles. The molecular weight excluding hydrogens is 212 g/mol. The second-order valence-electron chi connectivity index (χ2n) is 3.92. The maximum absolute atomic E-state index is 5.81. The van der Waals surface area contributed by atoms with Gasteiger partial charge in [0.15, 0.2) is 0 Å². The minimum absolute atomic E-state index is 0.794. The molecule has 1 N–H and O–H groups in total. The Morgan fingerprint density at radius 2 is 2.12 bits per heavy atom. The Morgan fingerprint density at radius 3 is 3.00 bits per heavy atom. The van der Waals surface area contributed by atoms with Gasteiger partial charge >= 0.3 is 0 Å². The number of hydrogen-bond acceptors (Lipinski definition) is 2. The maximum atomic E-state index is 5.81. The van der Waals surface area contributed by atoms with Crippen molar-refractivity contribution in [1.82, 2.24) is 9.97 Å². The van der Waals surface area contributed by atoms with Crippen LogP contribution in [0.15, 0.2) is 48.8 Å². The van der Waals surface area contributed by atoms with Crippen molar-refractivity contribution < 1.29 is 4.74 Å². The molecule has 2 heterocycles. The first-order valence-corrected chi connectivity index (χ1v) is 5.49. The molecule has 0 fully saturated rings. The fourth-order valence-electron chi connectivity index (χ4n) is 1.80. The van der Waals surface area contributed by atoms with Crippen LogP contribution in [0, 0.1) is 6.92 Å². The van der Waals surface area contributed by atoms with Gasteiger partial charge in [-0.2, -0.15) is 0 Å². The van der Waals surface area contributed by atoms with Crippen molar-refractivity contribution in [3.8, 4) is 11.5 Å². The van der Waals surface area contributed by atoms with Crippen LogP contribution in [0.3, 0.4) is 0 Å². The third-order valence-electron chi connectivity index (χ3n) is 2.71. The molecule has 1 aromatic carbocycles. The lowest BCUT2D eigenvalue weighted by Gasteiger charge is -2.07. The fourth-order valence-corrected chi connectivity index (χ4v) is 1.80. The van der Waals surface area contributed by atoms with Crippen LogP contribution in [0.25, 0.3) is 10.9 Å². The Morgan fingerprint density at radius 1 is 1.18 bits per heavy atom. The molecule has 0 aliphatic rings. The van der Waals surface area contributed by atoms with Gasteiger partial charge in [-0.05, 0) is 43.3 Å². The first-order valence-electron chi connectivity index (χ1n) is 5.49. The van der Waals surface area contributed by atoms with E-state index in [1.807, 2.05) is 49.5 Å². The summed E-state index contributed by atoms with van der Waals surface area (Å²) in [6.45, 7) is 1.93. The topological polar surface area (TPSA) is 37.9 Å². The van der Waals surface area contributed by atoms with Gasteiger partial charge in [0.25, 0.3) is 0 Å². The van der Waals surface area contributed by atoms with Crippen molar-refractivity contribution in [2.45, 2.75) is 6.92 Å². The SMILES string of the molecule is Cc1ncccc1Oc1ccc2[nH]ccc2c1. The van der Waals surface area contributed by atoms with Gasteiger partial charge < -0.3 is 9.72 Å². The summed E-state index contributed by atoms with van der Waals surface area (Å²) in [4.78, 5) is 7.35. The van der Waals surface area contributed by atoms with Gasteiger partial charge in [0, 0.05) is 23.3 Å². The smallest absolute Gasteiger partial charge is 0.148 e. The monoisotopic (exact) mass is 224 g/mol. The van der Waals surface area contributed by atoms with Gasteiger partial charge in [-0.25, -0.2) is 0 Å². The second-order valence-corrected chi connectivity index (χ2v) is 3.92. The Balaban J connectivity index is 1.97. The number of nitrogens with zero attached hydrogens (tertiary/aromatic N) is 1. The zero-order valence-corrected chi connectivity index (χ0v) is 9.47. The van der Waals surface area contributed by atoms with Crippen LogP contribution in [0.4, 0.5) is 0 Å². The van der Waals surface area contributed by atoms with Gasteiger partial charge in [-0.1, -0.05) is 0 Å². The number of benzene rings is 1. The van der Waals surface area contributed by atoms with E-state index in [2.05, 4.69) is 9.97 Å². The lowest BCUT2D eigenvalue weighted by atomic mass is 10.2. The zero-order valence-electron chi connectivity index (χ0n) is 9.47. The van der Waals surface area contributed by atoms with Crippen LogP contribution in [-0.2, 0) is 0 Å². The van der Waals surface area contributed by atoms with Crippen molar-refractivity contribution >= 4 is 10.9 Å². The molecule has 84 valence electrons. The molecule has 0 unspecified atom stereocenters. The predicted molar refractivity (Wildman–Crippen MR) is 67.3 cm³/mol. The summed E-state index contributed by atoms with van der Waals surface area (Å²) in [7, 11) is 0. The molecule has 0 amide bonds. The number of fused-ring (bicyclic) bond motifs is 1. The summed E-state index contributed by atoms with van der Waals surface area (Å²) in [5.41, 5.74) is 2.00. The minimum Gasteiger partial charge on any atom is -0.455 e. The van der Waals surface area contributed by atoms with E-state index in [-0.39, 0.29) is 0 Å². The minimum atomic E-state index is 0.794. The van der Waals surface area contributed by atoms with E-state index in [4.69, 9.17) is 4.74 Å². The third kappa shape index (κ3) is 1.87. The van der Waals surface area contributed by atoms with Crippen molar-refractivity contribution in [1.29, 1.82) is 0 Å². The van der Waals surface area contributed by atoms with E-state index in [9.17, 15) is 0 Å². The highest BCUT2D eigenvalue weighted by atomic mass is 16.5. The highest BCUT2D eigenvalue weighted by molar-refractivity contribution is 5.80. The van der Waals surface area contributed by atoms with E-state index in [0.717, 1.165) is 28.1 Å². The quantitative estimate of drug-likeness (QED) is 0.721. The van der Waals surface area contributed by atoms with Gasteiger partial charge in [0.2, 0.25) is 0 Å². The Labute approximate surface area is 99.1 Å². The lowest BCUT2D eigenvalue weighted by molar-refractivity contribution is 0.476. The van der Waals surface area contributed by atoms with Crippen molar-refractivity contribution in [2.75, 3.05) is 0 Å². The van der Waals surface area contributed by atoms with Crippen LogP contribution in [0.5, 0.6) is 11.5 Å². The molecule has 0 atom stereocenters. The first kappa shape index (κ1) is 9.90. The Hall–Kier alpha value is -2.29. The van der Waals surface area contributed by atoms with E-state index >= 15 is 0 Å². The summed E-state index contributed by atoms with van der Waals surface area (Å²) in [5, 5.41) is 1.14. The summed E-state index contributed by atoms with van der Waals surface area (Å²) in [5.74, 6) is 1.62. The molecule has 0 saturated heterocycles. The Bertz CT molecular complexity index is 658. The number of rotatable bonds is 2. The van der Waals surface area contributed by atoms with E-state index in [0.29, 0.717) is 0 Å². The third-order valence-corrected chi connectivity index (χ3v) is 2.71. The van der Waals surface area contributed by atoms with Crippen molar-refractivity contribution in [2.24, 2.45) is 0 Å². The normalized spacial score (nSPS) is 10.6. The number of aromatic nitrogens is 2. The molecule has 0 spiro atoms. The summed E-state index contributed by atoms with van der Waals surface area (Å²) in [6, 6.07) is 11.8. The van der Waals surface area contributed by atoms with Crippen molar-refractivity contribution in [3.05, 3.63) is 54.5 Å². The van der Waals surface area contributed by atoms with Gasteiger partial charge in [0.05, 0.1) is 5.69 Å². The van der Waals surface area contributed by atoms with E-state index in [1.165, 1.54) is 0 Å².